The van der Waals surface area contributed by atoms with Gasteiger partial charge in [0.1, 0.15) is 24.4 Å². The van der Waals surface area contributed by atoms with Gasteiger partial charge in [-0.05, 0) is 12.8 Å². The van der Waals surface area contributed by atoms with E-state index in [-0.39, 0.29) is 12.5 Å². The Labute approximate surface area is 459 Å². The van der Waals surface area contributed by atoms with Crippen molar-refractivity contribution in [1.29, 1.82) is 0 Å². The van der Waals surface area contributed by atoms with Crippen LogP contribution < -0.4 is 5.32 Å². The van der Waals surface area contributed by atoms with Crippen LogP contribution in [0.5, 0.6) is 0 Å². The van der Waals surface area contributed by atoms with Crippen LogP contribution in [-0.2, 0) is 14.3 Å². The number of unbranched alkanes of at least 4 members (excludes halogenated alkanes) is 49. The fraction of sp³-hybridized carbons (Fsp3) is 0.985. The van der Waals surface area contributed by atoms with Crippen molar-refractivity contribution in [1.82, 2.24) is 5.32 Å². The number of aliphatic hydroxyl groups excluding tert-OH is 5. The predicted octanol–water partition coefficient (Wildman–Crippen LogP) is 17.4. The van der Waals surface area contributed by atoms with Crippen molar-refractivity contribution in [3.8, 4) is 0 Å². The summed E-state index contributed by atoms with van der Waals surface area (Å²) in [6, 6.07) is -0.713. The standard InChI is InChI=1S/C65H129NO8/c1-3-5-7-9-11-13-15-17-18-19-20-21-22-23-24-25-26-27-28-29-30-31-32-33-34-35-36-37-38-39-40-41-42-43-45-47-49-51-53-55-61(69)66-58(57-73-65-64(72)63(71)62(70)60(56-67)74-65)59(68)54-52-50-48-46-44-16-14-12-10-8-6-4-2/h58-60,62-65,67-68,70-72H,3-57H2,1-2H3,(H,66,69). The highest BCUT2D eigenvalue weighted by molar-refractivity contribution is 5.76. The Bertz CT molecular complexity index is 1130. The van der Waals surface area contributed by atoms with E-state index in [1.807, 2.05) is 0 Å². The van der Waals surface area contributed by atoms with E-state index in [0.717, 1.165) is 38.5 Å². The molecule has 0 spiro atoms. The van der Waals surface area contributed by atoms with Crippen molar-refractivity contribution in [2.45, 2.75) is 397 Å². The van der Waals surface area contributed by atoms with Crippen LogP contribution in [0.15, 0.2) is 0 Å². The van der Waals surface area contributed by atoms with E-state index in [0.29, 0.717) is 12.8 Å². The second kappa shape index (κ2) is 55.5. The molecule has 9 heteroatoms. The lowest BCUT2D eigenvalue weighted by molar-refractivity contribution is -0.302. The first-order chi connectivity index (χ1) is 36.3. The maximum atomic E-state index is 13.1. The summed E-state index contributed by atoms with van der Waals surface area (Å²) in [5, 5.41) is 54.6. The minimum Gasteiger partial charge on any atom is -0.394 e. The number of carbonyl (C=O) groups excluding carboxylic acids is 1. The molecule has 9 nitrogen and oxygen atoms in total. The van der Waals surface area contributed by atoms with Crippen molar-refractivity contribution in [2.24, 2.45) is 0 Å². The van der Waals surface area contributed by atoms with Crippen molar-refractivity contribution in [2.75, 3.05) is 13.2 Å². The second-order valence-electron chi connectivity index (χ2n) is 23.6. The summed E-state index contributed by atoms with van der Waals surface area (Å²) in [4.78, 5) is 13.1. The monoisotopic (exact) mass is 1050 g/mol. The van der Waals surface area contributed by atoms with Gasteiger partial charge in [-0.1, -0.05) is 335 Å². The van der Waals surface area contributed by atoms with E-state index in [4.69, 9.17) is 9.47 Å². The number of rotatable bonds is 59. The lowest BCUT2D eigenvalue weighted by atomic mass is 9.99. The minimum absolute atomic E-state index is 0.131. The van der Waals surface area contributed by atoms with Gasteiger partial charge in [0.25, 0.3) is 0 Å². The third kappa shape index (κ3) is 44.1. The Morgan fingerprint density at radius 2 is 0.676 bits per heavy atom. The van der Waals surface area contributed by atoms with Crippen molar-refractivity contribution < 1.29 is 39.8 Å². The predicted molar refractivity (Wildman–Crippen MR) is 314 cm³/mol. The van der Waals surface area contributed by atoms with E-state index in [2.05, 4.69) is 19.2 Å². The number of carbonyl (C=O) groups is 1. The van der Waals surface area contributed by atoms with Crippen LogP contribution >= 0.6 is 0 Å². The number of hydrogen-bond donors (Lipinski definition) is 6. The first-order valence-electron chi connectivity index (χ1n) is 33.2. The van der Waals surface area contributed by atoms with E-state index in [1.165, 1.54) is 289 Å². The molecule has 0 aromatic heterocycles. The normalized spacial score (nSPS) is 18.8. The average molecular weight is 1050 g/mol. The van der Waals surface area contributed by atoms with E-state index in [9.17, 15) is 30.3 Å². The zero-order valence-electron chi connectivity index (χ0n) is 49.4. The maximum absolute atomic E-state index is 13.1. The summed E-state index contributed by atoms with van der Waals surface area (Å²) in [6.07, 6.45) is 62.0. The lowest BCUT2D eigenvalue weighted by Crippen LogP contribution is -2.60. The molecule has 7 unspecified atom stereocenters. The van der Waals surface area contributed by atoms with Gasteiger partial charge in [-0.3, -0.25) is 4.79 Å². The lowest BCUT2D eigenvalue weighted by Gasteiger charge is -2.40. The Kier molecular flexibility index (Phi) is 53.4. The quantitative estimate of drug-likeness (QED) is 0.0330. The van der Waals surface area contributed by atoms with Gasteiger partial charge in [0, 0.05) is 6.42 Å². The highest BCUT2D eigenvalue weighted by atomic mass is 16.7. The largest absolute Gasteiger partial charge is 0.394 e. The molecular weight excluding hydrogens is 923 g/mol. The minimum atomic E-state index is -1.55. The molecule has 1 rings (SSSR count). The molecule has 0 aliphatic carbocycles. The molecule has 74 heavy (non-hydrogen) atoms. The van der Waals surface area contributed by atoms with Gasteiger partial charge < -0.3 is 40.3 Å². The van der Waals surface area contributed by atoms with Crippen LogP contribution in [0.3, 0.4) is 0 Å². The van der Waals surface area contributed by atoms with E-state index >= 15 is 0 Å². The molecule has 1 amide bonds. The summed E-state index contributed by atoms with van der Waals surface area (Å²) in [5.74, 6) is -0.136. The summed E-state index contributed by atoms with van der Waals surface area (Å²) in [5.41, 5.74) is 0. The molecule has 0 bridgehead atoms. The molecule has 1 saturated heterocycles. The first kappa shape index (κ1) is 71.2. The summed E-state index contributed by atoms with van der Waals surface area (Å²) in [6.45, 7) is 3.87. The highest BCUT2D eigenvalue weighted by Gasteiger charge is 2.44. The molecule has 0 aromatic rings. The molecule has 1 fully saturated rings. The fourth-order valence-electron chi connectivity index (χ4n) is 11.2. The van der Waals surface area contributed by atoms with Gasteiger partial charge >= 0.3 is 0 Å². The van der Waals surface area contributed by atoms with Crippen molar-refractivity contribution in [3.05, 3.63) is 0 Å². The molecular formula is C65H129NO8. The summed E-state index contributed by atoms with van der Waals surface area (Å²) < 4.78 is 11.3. The molecule has 0 radical (unpaired) electrons. The van der Waals surface area contributed by atoms with Crippen LogP contribution in [0.2, 0.25) is 0 Å². The topological polar surface area (TPSA) is 149 Å². The van der Waals surface area contributed by atoms with Crippen LogP contribution in [0.1, 0.15) is 354 Å². The third-order valence-corrected chi connectivity index (χ3v) is 16.5. The van der Waals surface area contributed by atoms with Gasteiger partial charge in [-0.25, -0.2) is 0 Å². The number of hydrogen-bond acceptors (Lipinski definition) is 8. The molecule has 6 N–H and O–H groups in total. The Hall–Kier alpha value is -0.810. The molecule has 1 aliphatic heterocycles. The fourth-order valence-corrected chi connectivity index (χ4v) is 11.2. The van der Waals surface area contributed by atoms with E-state index in [1.54, 1.807) is 0 Å². The molecule has 7 atom stereocenters. The Balaban J connectivity index is 1.98. The molecule has 0 aromatic carbocycles. The third-order valence-electron chi connectivity index (χ3n) is 16.5. The number of nitrogens with one attached hydrogen (secondary N) is 1. The zero-order valence-corrected chi connectivity index (χ0v) is 49.4. The number of ether oxygens (including phenoxy) is 2. The van der Waals surface area contributed by atoms with Gasteiger partial charge in [0.2, 0.25) is 5.91 Å². The Morgan fingerprint density at radius 1 is 0.405 bits per heavy atom. The Morgan fingerprint density at radius 3 is 0.959 bits per heavy atom. The first-order valence-corrected chi connectivity index (χ1v) is 33.2. The SMILES string of the molecule is CCCCCCCCCCCCCCCCCCCCCCCCCCCCCCCCCCCCCCCCCC(=O)NC(COC1OC(CO)C(O)C(O)C1O)C(O)CCCCCCCCCCCCCC. The maximum Gasteiger partial charge on any atom is 0.220 e. The van der Waals surface area contributed by atoms with Gasteiger partial charge in [0.15, 0.2) is 6.29 Å². The van der Waals surface area contributed by atoms with Gasteiger partial charge in [0.05, 0.1) is 25.4 Å². The molecule has 1 heterocycles. The van der Waals surface area contributed by atoms with Crippen molar-refractivity contribution >= 4 is 5.91 Å². The van der Waals surface area contributed by atoms with Gasteiger partial charge in [-0.15, -0.1) is 0 Å². The molecule has 0 saturated carbocycles. The van der Waals surface area contributed by atoms with Crippen LogP contribution in [0.25, 0.3) is 0 Å². The molecule has 442 valence electrons. The number of amides is 1. The zero-order chi connectivity index (χ0) is 53.6. The average Bonchev–Trinajstić information content (AvgIpc) is 3.40. The number of aliphatic hydroxyl groups is 5. The smallest absolute Gasteiger partial charge is 0.220 e. The summed E-state index contributed by atoms with van der Waals surface area (Å²) in [7, 11) is 0. The van der Waals surface area contributed by atoms with Gasteiger partial charge in [-0.2, -0.15) is 0 Å². The van der Waals surface area contributed by atoms with Crippen LogP contribution in [0.4, 0.5) is 0 Å². The van der Waals surface area contributed by atoms with E-state index < -0.39 is 49.5 Å². The summed E-state index contributed by atoms with van der Waals surface area (Å²) >= 11 is 0. The van der Waals surface area contributed by atoms with Crippen LogP contribution in [-0.4, -0.2) is 87.5 Å². The molecule has 1 aliphatic rings. The second-order valence-corrected chi connectivity index (χ2v) is 23.6. The van der Waals surface area contributed by atoms with Crippen LogP contribution in [0, 0.1) is 0 Å². The highest BCUT2D eigenvalue weighted by Crippen LogP contribution is 2.24. The van der Waals surface area contributed by atoms with Crippen molar-refractivity contribution in [3.63, 3.8) is 0 Å².